The Morgan fingerprint density at radius 3 is 2.21 bits per heavy atom. The highest BCUT2D eigenvalue weighted by Crippen LogP contribution is 2.13. The summed E-state index contributed by atoms with van der Waals surface area (Å²) in [4.78, 5) is 20.9. The SMILES string of the molecule is N[C@H](C[C@@H](CCC[18F])C(=O)O)C(=O)O. The van der Waals surface area contributed by atoms with Gasteiger partial charge in [-0.05, 0) is 19.3 Å². The number of carboxylic acids is 2. The standard InChI is InChI=1S/C8H14FNO4/c9-3-1-2-5(7(11)12)4-6(10)8(13)14/h5-6H,1-4,10H2,(H,11,12)(H,13,14)/t5-,6-/m1/s1/i9-1. The minimum Gasteiger partial charge on any atom is -0.481 e. The fourth-order valence-electron chi connectivity index (χ4n) is 1.07. The molecule has 0 saturated carbocycles. The zero-order valence-corrected chi connectivity index (χ0v) is 7.65. The molecule has 0 radical (unpaired) electrons. The van der Waals surface area contributed by atoms with Crippen molar-refractivity contribution in [1.29, 1.82) is 0 Å². The molecule has 14 heavy (non-hydrogen) atoms. The summed E-state index contributed by atoms with van der Waals surface area (Å²) in [5.41, 5.74) is 5.17. The molecule has 0 aliphatic heterocycles. The van der Waals surface area contributed by atoms with Crippen molar-refractivity contribution < 1.29 is 24.2 Å². The van der Waals surface area contributed by atoms with Crippen molar-refractivity contribution in [2.45, 2.75) is 25.3 Å². The Morgan fingerprint density at radius 1 is 1.29 bits per heavy atom. The molecule has 0 saturated heterocycles. The Balaban J connectivity index is 4.08. The topological polar surface area (TPSA) is 101 Å². The molecule has 82 valence electrons. The van der Waals surface area contributed by atoms with Gasteiger partial charge < -0.3 is 15.9 Å². The molecule has 5 nitrogen and oxygen atoms in total. The van der Waals surface area contributed by atoms with Crippen LogP contribution >= 0.6 is 0 Å². The highest BCUT2D eigenvalue weighted by atomic mass is 18.2. The maximum Gasteiger partial charge on any atom is 0.320 e. The van der Waals surface area contributed by atoms with E-state index in [1.165, 1.54) is 0 Å². The van der Waals surface area contributed by atoms with E-state index in [0.717, 1.165) is 0 Å². The molecule has 0 aromatic rings. The highest BCUT2D eigenvalue weighted by molar-refractivity contribution is 5.75. The van der Waals surface area contributed by atoms with Crippen LogP contribution in [0.4, 0.5) is 4.39 Å². The number of halogens is 1. The molecule has 0 heterocycles. The summed E-state index contributed by atoms with van der Waals surface area (Å²) in [5, 5.41) is 17.1. The van der Waals surface area contributed by atoms with Gasteiger partial charge in [-0.15, -0.1) is 0 Å². The summed E-state index contributed by atoms with van der Waals surface area (Å²) in [5.74, 6) is -3.25. The number of carbonyl (C=O) groups is 2. The zero-order chi connectivity index (χ0) is 11.1. The molecule has 0 aliphatic carbocycles. The number of alkyl halides is 1. The van der Waals surface area contributed by atoms with Gasteiger partial charge in [0.05, 0.1) is 12.6 Å². The molecule has 6 heteroatoms. The maximum absolute atomic E-state index is 11.8. The van der Waals surface area contributed by atoms with Crippen LogP contribution in [-0.4, -0.2) is 34.9 Å². The Kier molecular flexibility index (Phi) is 5.78. The molecule has 0 aromatic carbocycles. The predicted octanol–water partition coefficient (Wildman–Crippen LogP) is 0.239. The van der Waals surface area contributed by atoms with E-state index in [1.807, 2.05) is 0 Å². The number of hydrogen-bond acceptors (Lipinski definition) is 3. The van der Waals surface area contributed by atoms with E-state index in [-0.39, 0.29) is 19.3 Å². The average molecular weight is 206 g/mol. The van der Waals surface area contributed by atoms with Gasteiger partial charge in [0.1, 0.15) is 6.04 Å². The van der Waals surface area contributed by atoms with Crippen molar-refractivity contribution in [2.24, 2.45) is 11.7 Å². The van der Waals surface area contributed by atoms with E-state index in [9.17, 15) is 14.0 Å². The van der Waals surface area contributed by atoms with Gasteiger partial charge in [-0.25, -0.2) is 0 Å². The van der Waals surface area contributed by atoms with Crippen molar-refractivity contribution in [3.8, 4) is 0 Å². The minimum atomic E-state index is -1.24. The summed E-state index contributed by atoms with van der Waals surface area (Å²) >= 11 is 0. The van der Waals surface area contributed by atoms with Crippen LogP contribution in [-0.2, 0) is 9.59 Å². The quantitative estimate of drug-likeness (QED) is 0.554. The molecule has 0 unspecified atom stereocenters. The lowest BCUT2D eigenvalue weighted by atomic mass is 9.96. The average Bonchev–Trinajstić information content (AvgIpc) is 2.10. The Hall–Kier alpha value is -1.17. The lowest BCUT2D eigenvalue weighted by molar-refractivity contribution is -0.143. The van der Waals surface area contributed by atoms with Gasteiger partial charge >= 0.3 is 11.9 Å². The third-order valence-corrected chi connectivity index (χ3v) is 1.89. The summed E-state index contributed by atoms with van der Waals surface area (Å²) < 4.78 is 11.8. The van der Waals surface area contributed by atoms with Crippen molar-refractivity contribution in [3.63, 3.8) is 0 Å². The molecule has 0 aliphatic rings. The summed E-state index contributed by atoms with van der Waals surface area (Å²) in [6.45, 7) is -0.605. The second kappa shape index (κ2) is 6.31. The number of nitrogens with two attached hydrogens (primary N) is 1. The van der Waals surface area contributed by atoms with Crippen LogP contribution in [0.5, 0.6) is 0 Å². The van der Waals surface area contributed by atoms with Crippen LogP contribution < -0.4 is 5.73 Å². The first kappa shape index (κ1) is 12.8. The molecule has 0 bridgehead atoms. The molecule has 0 fully saturated rings. The van der Waals surface area contributed by atoms with E-state index in [4.69, 9.17) is 15.9 Å². The first-order chi connectivity index (χ1) is 6.49. The van der Waals surface area contributed by atoms with Crippen LogP contribution in [0, 0.1) is 5.92 Å². The first-order valence-electron chi connectivity index (χ1n) is 4.26. The summed E-state index contributed by atoms with van der Waals surface area (Å²) in [6.07, 6.45) is 0.0702. The Morgan fingerprint density at radius 2 is 1.86 bits per heavy atom. The molecule has 4 N–H and O–H groups in total. The second-order valence-corrected chi connectivity index (χ2v) is 3.05. The van der Waals surface area contributed by atoms with Gasteiger partial charge in [0.25, 0.3) is 0 Å². The molecule has 0 spiro atoms. The summed E-state index contributed by atoms with van der Waals surface area (Å²) in [6, 6.07) is -1.20. The number of carboxylic acid groups (broad SMARTS) is 2. The molecule has 0 amide bonds. The van der Waals surface area contributed by atoms with E-state index in [2.05, 4.69) is 0 Å². The van der Waals surface area contributed by atoms with Gasteiger partial charge in [-0.3, -0.25) is 14.0 Å². The van der Waals surface area contributed by atoms with Crippen molar-refractivity contribution in [2.75, 3.05) is 6.67 Å². The fraction of sp³-hybridized carbons (Fsp3) is 0.750. The largest absolute Gasteiger partial charge is 0.481 e. The third-order valence-electron chi connectivity index (χ3n) is 1.89. The lowest BCUT2D eigenvalue weighted by Gasteiger charge is -2.13. The van der Waals surface area contributed by atoms with Gasteiger partial charge in [0.15, 0.2) is 0 Å². The van der Waals surface area contributed by atoms with E-state index >= 15 is 0 Å². The monoisotopic (exact) mass is 206 g/mol. The molecule has 0 aromatic heterocycles. The van der Waals surface area contributed by atoms with Crippen LogP contribution in [0.2, 0.25) is 0 Å². The van der Waals surface area contributed by atoms with Gasteiger partial charge in [-0.2, -0.15) is 0 Å². The first-order valence-corrected chi connectivity index (χ1v) is 4.26. The second-order valence-electron chi connectivity index (χ2n) is 3.05. The number of aliphatic carboxylic acids is 2. The van der Waals surface area contributed by atoms with Crippen LogP contribution in [0.3, 0.4) is 0 Å². The molecular formula is C8H14FNO4. The summed E-state index contributed by atoms with van der Waals surface area (Å²) in [7, 11) is 0. The molecule has 0 rings (SSSR count). The molecular weight excluding hydrogens is 192 g/mol. The van der Waals surface area contributed by atoms with E-state index in [0.29, 0.717) is 0 Å². The Bertz CT molecular complexity index is 210. The predicted molar refractivity (Wildman–Crippen MR) is 46.6 cm³/mol. The lowest BCUT2D eigenvalue weighted by Crippen LogP contribution is -2.34. The zero-order valence-electron chi connectivity index (χ0n) is 7.65. The van der Waals surface area contributed by atoms with E-state index in [1.54, 1.807) is 0 Å². The van der Waals surface area contributed by atoms with Gasteiger partial charge in [-0.1, -0.05) is 0 Å². The normalized spacial score (nSPS) is 14.7. The van der Waals surface area contributed by atoms with Crippen LogP contribution in [0.25, 0.3) is 0 Å². The van der Waals surface area contributed by atoms with Crippen molar-refractivity contribution in [1.82, 2.24) is 0 Å². The van der Waals surface area contributed by atoms with E-state index < -0.39 is 30.6 Å². The fourth-order valence-corrected chi connectivity index (χ4v) is 1.07. The van der Waals surface area contributed by atoms with Crippen LogP contribution in [0.1, 0.15) is 19.3 Å². The molecule has 2 atom stereocenters. The highest BCUT2D eigenvalue weighted by Gasteiger charge is 2.23. The van der Waals surface area contributed by atoms with Gasteiger partial charge in [0, 0.05) is 0 Å². The van der Waals surface area contributed by atoms with Crippen molar-refractivity contribution >= 4 is 11.9 Å². The van der Waals surface area contributed by atoms with Crippen LogP contribution in [0.15, 0.2) is 0 Å². The maximum atomic E-state index is 11.8. The minimum absolute atomic E-state index is 0.114. The van der Waals surface area contributed by atoms with Crippen molar-refractivity contribution in [3.05, 3.63) is 0 Å². The number of hydrogen-bond donors (Lipinski definition) is 3. The smallest absolute Gasteiger partial charge is 0.320 e. The Labute approximate surface area is 80.7 Å². The number of rotatable bonds is 7. The van der Waals surface area contributed by atoms with Gasteiger partial charge in [0.2, 0.25) is 0 Å². The third kappa shape index (κ3) is 4.76.